The molecule has 1 amide bonds. The van der Waals surface area contributed by atoms with Crippen molar-refractivity contribution in [3.05, 3.63) is 58.3 Å². The number of amides is 1. The third-order valence-corrected chi connectivity index (χ3v) is 2.39. The maximum atomic E-state index is 11.9. The Morgan fingerprint density at radius 2 is 2.00 bits per heavy atom. The summed E-state index contributed by atoms with van der Waals surface area (Å²) in [6.07, 6.45) is 1.38. The van der Waals surface area contributed by atoms with Gasteiger partial charge in [0.1, 0.15) is 11.4 Å². The fourth-order valence-electron chi connectivity index (χ4n) is 1.50. The Morgan fingerprint density at radius 3 is 2.63 bits per heavy atom. The van der Waals surface area contributed by atoms with Crippen molar-refractivity contribution in [3.63, 3.8) is 0 Å². The lowest BCUT2D eigenvalue weighted by Crippen LogP contribution is -2.14. The number of nitrogens with two attached hydrogens (primary N) is 1. The van der Waals surface area contributed by atoms with Crippen molar-refractivity contribution >= 4 is 23.1 Å². The molecule has 0 aliphatic heterocycles. The Morgan fingerprint density at radius 1 is 1.26 bits per heavy atom. The van der Waals surface area contributed by atoms with E-state index in [1.165, 1.54) is 30.5 Å². The Labute approximate surface area is 108 Å². The average Bonchev–Trinajstić information content (AvgIpc) is 2.41. The lowest BCUT2D eigenvalue weighted by Gasteiger charge is -2.05. The van der Waals surface area contributed by atoms with Gasteiger partial charge in [-0.15, -0.1) is 0 Å². The van der Waals surface area contributed by atoms with Gasteiger partial charge in [0.15, 0.2) is 0 Å². The summed E-state index contributed by atoms with van der Waals surface area (Å²) in [5.74, 6) is -0.248. The van der Waals surface area contributed by atoms with Gasteiger partial charge in [0.05, 0.1) is 16.8 Å². The van der Waals surface area contributed by atoms with Crippen LogP contribution in [0.15, 0.2) is 42.6 Å². The van der Waals surface area contributed by atoms with Crippen LogP contribution in [-0.2, 0) is 0 Å². The standard InChI is InChI=1S/C12H10N4O3/c13-11-6-5-8(7-14-11)15-12(17)9-3-1-2-4-10(9)16(18)19/h1-7H,(H2,13,14)(H,15,17). The molecular formula is C12H10N4O3. The predicted molar refractivity (Wildman–Crippen MR) is 69.7 cm³/mol. The lowest BCUT2D eigenvalue weighted by molar-refractivity contribution is -0.385. The highest BCUT2D eigenvalue weighted by molar-refractivity contribution is 6.06. The molecule has 7 nitrogen and oxygen atoms in total. The van der Waals surface area contributed by atoms with Crippen LogP contribution in [0.4, 0.5) is 17.2 Å². The van der Waals surface area contributed by atoms with Crippen LogP contribution in [-0.4, -0.2) is 15.8 Å². The maximum Gasteiger partial charge on any atom is 0.282 e. The van der Waals surface area contributed by atoms with Gasteiger partial charge in [0, 0.05) is 6.07 Å². The highest BCUT2D eigenvalue weighted by Gasteiger charge is 2.19. The first-order chi connectivity index (χ1) is 9.08. The van der Waals surface area contributed by atoms with Gasteiger partial charge in [-0.25, -0.2) is 4.98 Å². The van der Waals surface area contributed by atoms with E-state index in [0.717, 1.165) is 0 Å². The summed E-state index contributed by atoms with van der Waals surface area (Å²) in [7, 11) is 0. The molecule has 96 valence electrons. The molecule has 0 spiro atoms. The average molecular weight is 258 g/mol. The highest BCUT2D eigenvalue weighted by Crippen LogP contribution is 2.19. The van der Waals surface area contributed by atoms with Crippen LogP contribution < -0.4 is 11.1 Å². The summed E-state index contributed by atoms with van der Waals surface area (Å²) in [6, 6.07) is 8.81. The molecule has 1 aromatic carbocycles. The van der Waals surface area contributed by atoms with Gasteiger partial charge in [-0.05, 0) is 18.2 Å². The molecule has 2 aromatic rings. The zero-order valence-electron chi connectivity index (χ0n) is 9.74. The number of hydrogen-bond acceptors (Lipinski definition) is 5. The van der Waals surface area contributed by atoms with Crippen LogP contribution in [0, 0.1) is 10.1 Å². The summed E-state index contributed by atoms with van der Waals surface area (Å²) >= 11 is 0. The number of para-hydroxylation sites is 1. The summed E-state index contributed by atoms with van der Waals surface area (Å²) in [4.78, 5) is 26.0. The molecule has 0 fully saturated rings. The number of carbonyl (C=O) groups is 1. The summed E-state index contributed by atoms with van der Waals surface area (Å²) < 4.78 is 0. The van der Waals surface area contributed by atoms with E-state index in [0.29, 0.717) is 11.5 Å². The van der Waals surface area contributed by atoms with E-state index in [2.05, 4.69) is 10.3 Å². The molecule has 3 N–H and O–H groups in total. The molecule has 0 saturated carbocycles. The number of nitro groups is 1. The van der Waals surface area contributed by atoms with E-state index < -0.39 is 10.8 Å². The molecule has 0 bridgehead atoms. The van der Waals surface area contributed by atoms with E-state index in [9.17, 15) is 14.9 Å². The number of rotatable bonds is 3. The molecule has 1 heterocycles. The molecule has 0 saturated heterocycles. The number of pyridine rings is 1. The molecule has 2 rings (SSSR count). The van der Waals surface area contributed by atoms with Gasteiger partial charge < -0.3 is 11.1 Å². The highest BCUT2D eigenvalue weighted by atomic mass is 16.6. The predicted octanol–water partition coefficient (Wildman–Crippen LogP) is 1.82. The zero-order valence-corrected chi connectivity index (χ0v) is 9.74. The summed E-state index contributed by atoms with van der Waals surface area (Å²) in [5.41, 5.74) is 5.58. The van der Waals surface area contributed by atoms with Crippen molar-refractivity contribution in [2.75, 3.05) is 11.1 Å². The van der Waals surface area contributed by atoms with E-state index in [1.54, 1.807) is 12.1 Å². The molecule has 7 heteroatoms. The minimum atomic E-state index is -0.601. The molecule has 0 unspecified atom stereocenters. The largest absolute Gasteiger partial charge is 0.384 e. The number of benzene rings is 1. The first-order valence-electron chi connectivity index (χ1n) is 5.34. The second-order valence-corrected chi connectivity index (χ2v) is 3.70. The van der Waals surface area contributed by atoms with Gasteiger partial charge >= 0.3 is 0 Å². The normalized spacial score (nSPS) is 9.89. The second-order valence-electron chi connectivity index (χ2n) is 3.70. The monoisotopic (exact) mass is 258 g/mol. The number of nitrogens with zero attached hydrogens (tertiary/aromatic N) is 2. The summed E-state index contributed by atoms with van der Waals surface area (Å²) in [6.45, 7) is 0. The number of hydrogen-bond donors (Lipinski definition) is 2. The third-order valence-electron chi connectivity index (χ3n) is 2.39. The number of nitro benzene ring substituents is 1. The molecule has 1 aromatic heterocycles. The fourth-order valence-corrected chi connectivity index (χ4v) is 1.50. The Hall–Kier alpha value is -2.96. The minimum absolute atomic E-state index is 0.00988. The number of aromatic nitrogens is 1. The van der Waals surface area contributed by atoms with E-state index >= 15 is 0 Å². The van der Waals surface area contributed by atoms with Crippen molar-refractivity contribution in [1.82, 2.24) is 4.98 Å². The van der Waals surface area contributed by atoms with Gasteiger partial charge in [-0.3, -0.25) is 14.9 Å². The first kappa shape index (κ1) is 12.5. The van der Waals surface area contributed by atoms with Crippen molar-refractivity contribution in [3.8, 4) is 0 Å². The fraction of sp³-hybridized carbons (Fsp3) is 0. The van der Waals surface area contributed by atoms with Crippen molar-refractivity contribution < 1.29 is 9.72 Å². The van der Waals surface area contributed by atoms with Gasteiger partial charge in [-0.2, -0.15) is 0 Å². The number of nitrogens with one attached hydrogen (secondary N) is 1. The van der Waals surface area contributed by atoms with E-state index in [4.69, 9.17) is 5.73 Å². The van der Waals surface area contributed by atoms with Gasteiger partial charge in [0.25, 0.3) is 11.6 Å². The lowest BCUT2D eigenvalue weighted by atomic mass is 10.1. The molecule has 0 aliphatic carbocycles. The van der Waals surface area contributed by atoms with Crippen molar-refractivity contribution in [1.29, 1.82) is 0 Å². The van der Waals surface area contributed by atoms with Crippen LogP contribution in [0.1, 0.15) is 10.4 Å². The van der Waals surface area contributed by atoms with Gasteiger partial charge in [-0.1, -0.05) is 12.1 Å². The summed E-state index contributed by atoms with van der Waals surface area (Å²) in [5, 5.41) is 13.3. The smallest absolute Gasteiger partial charge is 0.282 e. The topological polar surface area (TPSA) is 111 Å². The quantitative estimate of drug-likeness (QED) is 0.644. The van der Waals surface area contributed by atoms with E-state index in [1.807, 2.05) is 0 Å². The number of carbonyl (C=O) groups excluding carboxylic acids is 1. The Kier molecular flexibility index (Phi) is 3.37. The van der Waals surface area contributed by atoms with Crippen LogP contribution in [0.5, 0.6) is 0 Å². The molecule has 0 radical (unpaired) electrons. The zero-order chi connectivity index (χ0) is 13.8. The molecule has 19 heavy (non-hydrogen) atoms. The Balaban J connectivity index is 2.25. The maximum absolute atomic E-state index is 11.9. The first-order valence-corrected chi connectivity index (χ1v) is 5.34. The molecule has 0 aliphatic rings. The van der Waals surface area contributed by atoms with Crippen LogP contribution in [0.3, 0.4) is 0 Å². The Bertz CT molecular complexity index is 625. The van der Waals surface area contributed by atoms with Crippen LogP contribution in [0.2, 0.25) is 0 Å². The molecule has 0 atom stereocenters. The molecular weight excluding hydrogens is 248 g/mol. The number of anilines is 2. The number of nitrogen functional groups attached to an aromatic ring is 1. The van der Waals surface area contributed by atoms with E-state index in [-0.39, 0.29) is 11.3 Å². The van der Waals surface area contributed by atoms with Crippen molar-refractivity contribution in [2.45, 2.75) is 0 Å². The van der Waals surface area contributed by atoms with Crippen LogP contribution in [0.25, 0.3) is 0 Å². The van der Waals surface area contributed by atoms with Gasteiger partial charge in [0.2, 0.25) is 0 Å². The van der Waals surface area contributed by atoms with Crippen molar-refractivity contribution in [2.24, 2.45) is 0 Å². The second kappa shape index (κ2) is 5.13. The van der Waals surface area contributed by atoms with Crippen LogP contribution >= 0.6 is 0 Å². The third kappa shape index (κ3) is 2.83. The minimum Gasteiger partial charge on any atom is -0.384 e. The SMILES string of the molecule is Nc1ccc(NC(=O)c2ccccc2[N+](=O)[O-])cn1.